The summed E-state index contributed by atoms with van der Waals surface area (Å²) in [4.78, 5) is 10.8. The summed E-state index contributed by atoms with van der Waals surface area (Å²) in [6.45, 7) is 1.80. The lowest BCUT2D eigenvalue weighted by molar-refractivity contribution is 0.0697. The lowest BCUT2D eigenvalue weighted by Crippen LogP contribution is -2.12. The van der Waals surface area contributed by atoms with Crippen LogP contribution in [0.4, 0.5) is 0 Å². The number of benzene rings is 1. The molecule has 3 nitrogen and oxygen atoms in total. The first-order valence-corrected chi connectivity index (χ1v) is 4.83. The molecule has 0 spiro atoms. The van der Waals surface area contributed by atoms with Crippen LogP contribution in [0, 0.1) is 0 Å². The van der Waals surface area contributed by atoms with Crippen molar-refractivity contribution in [1.29, 1.82) is 0 Å². The Kier molecular flexibility index (Phi) is 4.12. The Morgan fingerprint density at radius 2 is 2.13 bits per heavy atom. The molecule has 0 unspecified atom stereocenters. The van der Waals surface area contributed by atoms with E-state index in [9.17, 15) is 4.79 Å². The van der Waals surface area contributed by atoms with Gasteiger partial charge in [-0.05, 0) is 42.6 Å². The van der Waals surface area contributed by atoms with Crippen molar-refractivity contribution in [2.24, 2.45) is 0 Å². The molecule has 1 aliphatic heterocycles. The maximum atomic E-state index is 10.8. The molecule has 1 heterocycles. The summed E-state index contributed by atoms with van der Waals surface area (Å²) in [6.07, 6.45) is 2.17. The van der Waals surface area contributed by atoms with E-state index in [0.717, 1.165) is 31.5 Å². The van der Waals surface area contributed by atoms with Crippen LogP contribution in [-0.4, -0.2) is 17.6 Å². The molecule has 2 N–H and O–H groups in total. The molecule has 0 aromatic heterocycles. The second-order valence-electron chi connectivity index (χ2n) is 3.57. The van der Waals surface area contributed by atoms with E-state index < -0.39 is 5.97 Å². The minimum absolute atomic E-state index is 0. The van der Waals surface area contributed by atoms with Crippen molar-refractivity contribution in [3.05, 3.63) is 34.9 Å². The van der Waals surface area contributed by atoms with Crippen molar-refractivity contribution in [1.82, 2.24) is 5.32 Å². The monoisotopic (exact) mass is 227 g/mol. The van der Waals surface area contributed by atoms with Crippen LogP contribution in [0.15, 0.2) is 18.2 Å². The van der Waals surface area contributed by atoms with E-state index >= 15 is 0 Å². The zero-order valence-corrected chi connectivity index (χ0v) is 9.14. The largest absolute Gasteiger partial charge is 0.478 e. The van der Waals surface area contributed by atoms with E-state index in [1.54, 1.807) is 12.1 Å². The zero-order chi connectivity index (χ0) is 9.97. The van der Waals surface area contributed by atoms with Gasteiger partial charge in [0.2, 0.25) is 0 Å². The molecule has 0 aliphatic carbocycles. The molecule has 0 saturated carbocycles. The van der Waals surface area contributed by atoms with Crippen molar-refractivity contribution < 1.29 is 9.90 Å². The van der Waals surface area contributed by atoms with Crippen LogP contribution >= 0.6 is 12.4 Å². The van der Waals surface area contributed by atoms with Gasteiger partial charge < -0.3 is 10.4 Å². The Balaban J connectivity index is 0.00000112. The highest BCUT2D eigenvalue weighted by atomic mass is 35.5. The maximum Gasteiger partial charge on any atom is 0.335 e. The van der Waals surface area contributed by atoms with Crippen molar-refractivity contribution in [3.8, 4) is 0 Å². The first-order chi connectivity index (χ1) is 6.77. The predicted molar refractivity (Wildman–Crippen MR) is 60.7 cm³/mol. The van der Waals surface area contributed by atoms with Gasteiger partial charge in [-0.1, -0.05) is 6.07 Å². The normalized spacial score (nSPS) is 14.7. The van der Waals surface area contributed by atoms with E-state index in [2.05, 4.69) is 5.32 Å². The van der Waals surface area contributed by atoms with E-state index in [1.807, 2.05) is 6.07 Å². The molecule has 0 atom stereocenters. The molecule has 0 radical (unpaired) electrons. The number of fused-ring (bicyclic) bond motifs is 1. The number of carboxylic acid groups (broad SMARTS) is 1. The zero-order valence-electron chi connectivity index (χ0n) is 8.32. The first kappa shape index (κ1) is 12.0. The summed E-state index contributed by atoms with van der Waals surface area (Å²) in [5, 5.41) is 12.1. The highest BCUT2D eigenvalue weighted by Crippen LogP contribution is 2.16. The summed E-state index contributed by atoms with van der Waals surface area (Å²) < 4.78 is 0. The molecular weight excluding hydrogens is 214 g/mol. The third-order valence-corrected chi connectivity index (χ3v) is 2.57. The van der Waals surface area contributed by atoms with Crippen molar-refractivity contribution >= 4 is 18.4 Å². The van der Waals surface area contributed by atoms with Gasteiger partial charge in [-0.15, -0.1) is 12.4 Å². The number of aryl methyl sites for hydroxylation is 1. The van der Waals surface area contributed by atoms with E-state index in [0.29, 0.717) is 5.56 Å². The van der Waals surface area contributed by atoms with Gasteiger partial charge in [-0.25, -0.2) is 4.79 Å². The third kappa shape index (κ3) is 2.70. The fraction of sp³-hybridized carbons (Fsp3) is 0.364. The van der Waals surface area contributed by atoms with E-state index in [1.165, 1.54) is 5.56 Å². The highest BCUT2D eigenvalue weighted by Gasteiger charge is 2.10. The molecule has 1 aromatic carbocycles. The smallest absolute Gasteiger partial charge is 0.335 e. The van der Waals surface area contributed by atoms with Crippen LogP contribution < -0.4 is 5.32 Å². The lowest BCUT2D eigenvalue weighted by Gasteiger charge is -2.05. The van der Waals surface area contributed by atoms with Crippen molar-refractivity contribution in [2.75, 3.05) is 6.54 Å². The Morgan fingerprint density at radius 1 is 1.33 bits per heavy atom. The fourth-order valence-corrected chi connectivity index (χ4v) is 1.79. The topological polar surface area (TPSA) is 49.3 Å². The summed E-state index contributed by atoms with van der Waals surface area (Å²) in [5.74, 6) is -0.850. The molecule has 0 bridgehead atoms. The SMILES string of the molecule is Cl.O=C(O)c1ccc2c(c1)CNCCC2. The first-order valence-electron chi connectivity index (χ1n) is 4.83. The van der Waals surface area contributed by atoms with Gasteiger partial charge in [-0.2, -0.15) is 0 Å². The van der Waals surface area contributed by atoms with Crippen LogP contribution in [-0.2, 0) is 13.0 Å². The standard InChI is InChI=1S/C11H13NO2.ClH/c13-11(14)9-4-3-8-2-1-5-12-7-10(8)6-9;/h3-4,6,12H,1-2,5,7H2,(H,13,14);1H. The summed E-state index contributed by atoms with van der Waals surface area (Å²) in [7, 11) is 0. The third-order valence-electron chi connectivity index (χ3n) is 2.57. The minimum atomic E-state index is -0.850. The highest BCUT2D eigenvalue weighted by molar-refractivity contribution is 5.87. The Hall–Kier alpha value is -1.06. The van der Waals surface area contributed by atoms with Crippen LogP contribution in [0.25, 0.3) is 0 Å². The van der Waals surface area contributed by atoms with Crippen molar-refractivity contribution in [3.63, 3.8) is 0 Å². The van der Waals surface area contributed by atoms with Gasteiger partial charge in [0.05, 0.1) is 5.56 Å². The Bertz CT molecular complexity index is 366. The summed E-state index contributed by atoms with van der Waals surface area (Å²) in [5.41, 5.74) is 2.79. The van der Waals surface area contributed by atoms with Crippen LogP contribution in [0.3, 0.4) is 0 Å². The van der Waals surface area contributed by atoms with Gasteiger partial charge in [0.15, 0.2) is 0 Å². The molecule has 4 heteroatoms. The van der Waals surface area contributed by atoms with Gasteiger partial charge >= 0.3 is 5.97 Å². The van der Waals surface area contributed by atoms with Gasteiger partial charge in [-0.3, -0.25) is 0 Å². The number of hydrogen-bond donors (Lipinski definition) is 2. The number of carboxylic acids is 1. The summed E-state index contributed by atoms with van der Waals surface area (Å²) >= 11 is 0. The molecule has 0 saturated heterocycles. The minimum Gasteiger partial charge on any atom is -0.478 e. The maximum absolute atomic E-state index is 10.8. The molecule has 2 rings (SSSR count). The lowest BCUT2D eigenvalue weighted by atomic mass is 10.0. The molecule has 1 aliphatic rings. The van der Waals surface area contributed by atoms with Crippen LogP contribution in [0.2, 0.25) is 0 Å². The van der Waals surface area contributed by atoms with Crippen LogP contribution in [0.1, 0.15) is 27.9 Å². The molecule has 15 heavy (non-hydrogen) atoms. The molecular formula is C11H14ClNO2. The quantitative estimate of drug-likeness (QED) is 0.770. The average molecular weight is 228 g/mol. The average Bonchev–Trinajstić information content (AvgIpc) is 2.41. The van der Waals surface area contributed by atoms with Crippen LogP contribution in [0.5, 0.6) is 0 Å². The Labute approximate surface area is 94.9 Å². The second kappa shape index (κ2) is 5.14. The second-order valence-corrected chi connectivity index (χ2v) is 3.57. The number of nitrogens with one attached hydrogen (secondary N) is 1. The van der Waals surface area contributed by atoms with Crippen molar-refractivity contribution in [2.45, 2.75) is 19.4 Å². The van der Waals surface area contributed by atoms with E-state index in [4.69, 9.17) is 5.11 Å². The number of halogens is 1. The molecule has 1 aromatic rings. The fourth-order valence-electron chi connectivity index (χ4n) is 1.79. The number of hydrogen-bond acceptors (Lipinski definition) is 2. The number of rotatable bonds is 1. The number of aromatic carboxylic acids is 1. The molecule has 82 valence electrons. The number of carbonyl (C=O) groups is 1. The van der Waals surface area contributed by atoms with E-state index in [-0.39, 0.29) is 12.4 Å². The summed E-state index contributed by atoms with van der Waals surface area (Å²) in [6, 6.07) is 5.40. The van der Waals surface area contributed by atoms with Gasteiger partial charge in [0.25, 0.3) is 0 Å². The van der Waals surface area contributed by atoms with Gasteiger partial charge in [0.1, 0.15) is 0 Å². The molecule has 0 fully saturated rings. The molecule has 0 amide bonds. The Morgan fingerprint density at radius 3 is 2.87 bits per heavy atom. The predicted octanol–water partition coefficient (Wildman–Crippen LogP) is 1.84. The van der Waals surface area contributed by atoms with Gasteiger partial charge in [0, 0.05) is 6.54 Å².